The van der Waals surface area contributed by atoms with Crippen molar-refractivity contribution in [2.24, 2.45) is 5.92 Å². The normalized spacial score (nSPS) is 14.9. The van der Waals surface area contributed by atoms with E-state index < -0.39 is 0 Å². The van der Waals surface area contributed by atoms with Crippen LogP contribution in [0.4, 0.5) is 0 Å². The molecule has 20 heavy (non-hydrogen) atoms. The van der Waals surface area contributed by atoms with Crippen molar-refractivity contribution in [1.29, 1.82) is 0 Å². The lowest BCUT2D eigenvalue weighted by atomic mass is 10.1. The van der Waals surface area contributed by atoms with Crippen LogP contribution >= 0.6 is 15.9 Å². The summed E-state index contributed by atoms with van der Waals surface area (Å²) >= 11 is 3.50. The molecule has 0 unspecified atom stereocenters. The van der Waals surface area contributed by atoms with Crippen LogP contribution in [0.2, 0.25) is 0 Å². The van der Waals surface area contributed by atoms with Gasteiger partial charge in [-0.3, -0.25) is 4.79 Å². The number of amides is 1. The summed E-state index contributed by atoms with van der Waals surface area (Å²) in [5.74, 6) is 1.56. The first-order chi connectivity index (χ1) is 9.58. The fourth-order valence-electron chi connectivity index (χ4n) is 2.26. The number of likely N-dealkylation sites (tertiary alicyclic amines) is 1. The van der Waals surface area contributed by atoms with E-state index in [9.17, 15) is 4.79 Å². The quantitative estimate of drug-likeness (QED) is 0.807. The Morgan fingerprint density at radius 1 is 1.35 bits per heavy atom. The van der Waals surface area contributed by atoms with Crippen LogP contribution in [0, 0.1) is 5.92 Å². The van der Waals surface area contributed by atoms with E-state index in [-0.39, 0.29) is 5.91 Å². The summed E-state index contributed by atoms with van der Waals surface area (Å²) in [7, 11) is 0. The highest BCUT2D eigenvalue weighted by Gasteiger charge is 2.20. The van der Waals surface area contributed by atoms with Crippen LogP contribution in [-0.2, 0) is 0 Å². The third-order valence-electron chi connectivity index (χ3n) is 3.52. The molecule has 0 bridgehead atoms. The summed E-state index contributed by atoms with van der Waals surface area (Å²) in [5, 5.41) is 0. The fourth-order valence-corrected chi connectivity index (χ4v) is 2.75. The molecule has 1 heterocycles. The minimum absolute atomic E-state index is 0.122. The summed E-state index contributed by atoms with van der Waals surface area (Å²) in [6.07, 6.45) is 3.26. The summed E-state index contributed by atoms with van der Waals surface area (Å²) in [6, 6.07) is 5.61. The monoisotopic (exact) mass is 339 g/mol. The van der Waals surface area contributed by atoms with Gasteiger partial charge >= 0.3 is 0 Å². The molecule has 3 nitrogen and oxygen atoms in total. The molecule has 0 spiro atoms. The van der Waals surface area contributed by atoms with E-state index in [4.69, 9.17) is 4.74 Å². The van der Waals surface area contributed by atoms with Crippen LogP contribution in [0.1, 0.15) is 43.5 Å². The lowest BCUT2D eigenvalue weighted by Crippen LogP contribution is -2.27. The Bertz CT molecular complexity index is 468. The zero-order chi connectivity index (χ0) is 14.5. The third-order valence-corrected chi connectivity index (χ3v) is 4.14. The van der Waals surface area contributed by atoms with Gasteiger partial charge < -0.3 is 9.64 Å². The molecule has 0 N–H and O–H groups in total. The fraction of sp³-hybridized carbons (Fsp3) is 0.562. The first-order valence-corrected chi connectivity index (χ1v) is 8.09. The Balaban J connectivity index is 1.99. The lowest BCUT2D eigenvalue weighted by Gasteiger charge is -2.16. The van der Waals surface area contributed by atoms with Crippen molar-refractivity contribution in [2.45, 2.75) is 33.1 Å². The van der Waals surface area contributed by atoms with Gasteiger partial charge in [0, 0.05) is 18.7 Å². The Kier molecular flexibility index (Phi) is 5.46. The van der Waals surface area contributed by atoms with Crippen LogP contribution < -0.4 is 4.74 Å². The van der Waals surface area contributed by atoms with E-state index in [1.165, 1.54) is 0 Å². The molecule has 110 valence electrons. The molecule has 0 atom stereocenters. The number of nitrogens with zero attached hydrogens (tertiary/aromatic N) is 1. The molecule has 1 saturated heterocycles. The number of hydrogen-bond acceptors (Lipinski definition) is 2. The van der Waals surface area contributed by atoms with E-state index in [1.807, 2.05) is 23.1 Å². The smallest absolute Gasteiger partial charge is 0.253 e. The first-order valence-electron chi connectivity index (χ1n) is 7.29. The Labute approximate surface area is 129 Å². The molecule has 4 heteroatoms. The number of halogens is 1. The maximum atomic E-state index is 12.3. The van der Waals surface area contributed by atoms with Crippen LogP contribution in [0.25, 0.3) is 0 Å². The molecule has 0 aliphatic carbocycles. The number of carbonyl (C=O) groups excluding carboxylic acids is 1. The SMILES string of the molecule is CC(C)CCOc1ccc(C(=O)N2CCCC2)cc1Br. The number of ether oxygens (including phenoxy) is 1. The van der Waals surface area contributed by atoms with Gasteiger partial charge in [0.25, 0.3) is 5.91 Å². The minimum Gasteiger partial charge on any atom is -0.492 e. The van der Waals surface area contributed by atoms with Crippen molar-refractivity contribution in [3.63, 3.8) is 0 Å². The zero-order valence-corrected chi connectivity index (χ0v) is 13.8. The number of carbonyl (C=O) groups is 1. The topological polar surface area (TPSA) is 29.5 Å². The highest BCUT2D eigenvalue weighted by molar-refractivity contribution is 9.10. The van der Waals surface area contributed by atoms with Gasteiger partial charge in [-0.2, -0.15) is 0 Å². The van der Waals surface area contributed by atoms with Crippen molar-refractivity contribution in [3.05, 3.63) is 28.2 Å². The van der Waals surface area contributed by atoms with E-state index in [2.05, 4.69) is 29.8 Å². The second-order valence-electron chi connectivity index (χ2n) is 5.68. The summed E-state index contributed by atoms with van der Waals surface area (Å²) in [5.41, 5.74) is 0.731. The van der Waals surface area contributed by atoms with Crippen molar-refractivity contribution in [2.75, 3.05) is 19.7 Å². The van der Waals surface area contributed by atoms with Crippen molar-refractivity contribution >= 4 is 21.8 Å². The summed E-state index contributed by atoms with van der Waals surface area (Å²) in [4.78, 5) is 14.2. The maximum absolute atomic E-state index is 12.3. The van der Waals surface area contributed by atoms with Crippen LogP contribution in [-0.4, -0.2) is 30.5 Å². The molecule has 1 aliphatic heterocycles. The van der Waals surface area contributed by atoms with E-state index >= 15 is 0 Å². The zero-order valence-electron chi connectivity index (χ0n) is 12.2. The average molecular weight is 340 g/mol. The lowest BCUT2D eigenvalue weighted by molar-refractivity contribution is 0.0792. The molecule has 0 saturated carbocycles. The standard InChI is InChI=1S/C16H22BrNO2/c1-12(2)7-10-20-15-6-5-13(11-14(15)17)16(19)18-8-3-4-9-18/h5-6,11-12H,3-4,7-10H2,1-2H3. The summed E-state index contributed by atoms with van der Waals surface area (Å²) < 4.78 is 6.59. The minimum atomic E-state index is 0.122. The predicted molar refractivity (Wildman–Crippen MR) is 84.2 cm³/mol. The molecule has 1 aromatic carbocycles. The third kappa shape index (κ3) is 3.98. The Morgan fingerprint density at radius 3 is 2.65 bits per heavy atom. The van der Waals surface area contributed by atoms with Crippen molar-refractivity contribution in [3.8, 4) is 5.75 Å². The summed E-state index contributed by atoms with van der Waals surface area (Å²) in [6.45, 7) is 6.81. The molecule has 1 aromatic rings. The van der Waals surface area contributed by atoms with Crippen molar-refractivity contribution < 1.29 is 9.53 Å². The van der Waals surface area contributed by atoms with Gasteiger partial charge in [0.1, 0.15) is 5.75 Å². The van der Waals surface area contributed by atoms with E-state index in [0.717, 1.165) is 48.1 Å². The average Bonchev–Trinajstić information content (AvgIpc) is 2.93. The van der Waals surface area contributed by atoms with Gasteiger partial charge in [0.2, 0.25) is 0 Å². The highest BCUT2D eigenvalue weighted by atomic mass is 79.9. The Morgan fingerprint density at radius 2 is 2.05 bits per heavy atom. The van der Waals surface area contributed by atoms with Gasteiger partial charge in [-0.15, -0.1) is 0 Å². The van der Waals surface area contributed by atoms with Crippen LogP contribution in [0.15, 0.2) is 22.7 Å². The highest BCUT2D eigenvalue weighted by Crippen LogP contribution is 2.27. The van der Waals surface area contributed by atoms with E-state index in [1.54, 1.807) is 0 Å². The van der Waals surface area contributed by atoms with Gasteiger partial charge in [-0.05, 0) is 59.3 Å². The molecule has 1 amide bonds. The number of rotatable bonds is 5. The van der Waals surface area contributed by atoms with Crippen LogP contribution in [0.3, 0.4) is 0 Å². The second kappa shape index (κ2) is 7.11. The van der Waals surface area contributed by atoms with Gasteiger partial charge in [-0.1, -0.05) is 13.8 Å². The molecule has 0 aromatic heterocycles. The van der Waals surface area contributed by atoms with Crippen molar-refractivity contribution in [1.82, 2.24) is 4.90 Å². The van der Waals surface area contributed by atoms with E-state index in [0.29, 0.717) is 12.5 Å². The Hall–Kier alpha value is -1.03. The first kappa shape index (κ1) is 15.4. The molecular formula is C16H22BrNO2. The molecule has 1 fully saturated rings. The maximum Gasteiger partial charge on any atom is 0.253 e. The second-order valence-corrected chi connectivity index (χ2v) is 6.53. The largest absolute Gasteiger partial charge is 0.492 e. The number of hydrogen-bond donors (Lipinski definition) is 0. The predicted octanol–water partition coefficient (Wildman–Crippen LogP) is 4.11. The van der Waals surface area contributed by atoms with Gasteiger partial charge in [0.15, 0.2) is 0 Å². The molecular weight excluding hydrogens is 318 g/mol. The van der Waals surface area contributed by atoms with Gasteiger partial charge in [-0.25, -0.2) is 0 Å². The molecule has 2 rings (SSSR count). The molecule has 0 radical (unpaired) electrons. The number of benzene rings is 1. The molecule has 1 aliphatic rings. The van der Waals surface area contributed by atoms with Gasteiger partial charge in [0.05, 0.1) is 11.1 Å². The van der Waals surface area contributed by atoms with Crippen LogP contribution in [0.5, 0.6) is 5.75 Å².